The Labute approximate surface area is 116 Å². The summed E-state index contributed by atoms with van der Waals surface area (Å²) in [5, 5.41) is 18.3. The van der Waals surface area contributed by atoms with Crippen molar-refractivity contribution in [3.05, 3.63) is 12.4 Å². The maximum absolute atomic E-state index is 11.7. The zero-order valence-corrected chi connectivity index (χ0v) is 11.0. The second kappa shape index (κ2) is 7.01. The van der Waals surface area contributed by atoms with Crippen molar-refractivity contribution in [2.45, 2.75) is 25.5 Å². The van der Waals surface area contributed by atoms with Crippen LogP contribution in [0.25, 0.3) is 0 Å². The van der Waals surface area contributed by atoms with Crippen molar-refractivity contribution in [2.75, 3.05) is 25.0 Å². The molecule has 2 rings (SSSR count). The van der Waals surface area contributed by atoms with Gasteiger partial charge >= 0.3 is 5.97 Å². The number of nitrogens with zero attached hydrogens (tertiary/aromatic N) is 2. The van der Waals surface area contributed by atoms with Crippen molar-refractivity contribution in [1.29, 1.82) is 0 Å². The van der Waals surface area contributed by atoms with Gasteiger partial charge in [-0.05, 0) is 25.9 Å². The van der Waals surface area contributed by atoms with E-state index < -0.39 is 5.97 Å². The Morgan fingerprint density at radius 1 is 1.50 bits per heavy atom. The normalized spacial score (nSPS) is 16.0. The molecule has 20 heavy (non-hydrogen) atoms. The van der Waals surface area contributed by atoms with Crippen molar-refractivity contribution >= 4 is 17.6 Å². The number of nitrogens with one attached hydrogen (secondary N) is 2. The van der Waals surface area contributed by atoms with Crippen LogP contribution in [0.1, 0.15) is 12.8 Å². The summed E-state index contributed by atoms with van der Waals surface area (Å²) in [6.45, 7) is 1.58. The second-order valence-corrected chi connectivity index (χ2v) is 4.63. The molecule has 1 amide bonds. The summed E-state index contributed by atoms with van der Waals surface area (Å²) in [5.41, 5.74) is 0.463. The van der Waals surface area contributed by atoms with Crippen molar-refractivity contribution in [1.82, 2.24) is 15.1 Å². The van der Waals surface area contributed by atoms with Crippen LogP contribution in [-0.2, 0) is 20.9 Å². The predicted molar refractivity (Wildman–Crippen MR) is 70.3 cm³/mol. The smallest absolute Gasteiger partial charge is 0.325 e. The number of hydrogen-bond acceptors (Lipinski definition) is 5. The lowest BCUT2D eigenvalue weighted by Gasteiger charge is -2.22. The lowest BCUT2D eigenvalue weighted by Crippen LogP contribution is -2.34. The first kappa shape index (κ1) is 14.5. The topological polar surface area (TPSA) is 105 Å². The second-order valence-electron chi connectivity index (χ2n) is 4.63. The summed E-state index contributed by atoms with van der Waals surface area (Å²) in [5.74, 6) is -1.25. The number of rotatable bonds is 6. The average Bonchev–Trinajstić information content (AvgIpc) is 2.84. The molecule has 1 fully saturated rings. The zero-order valence-electron chi connectivity index (χ0n) is 11.0. The molecule has 0 unspecified atom stereocenters. The monoisotopic (exact) mass is 282 g/mol. The van der Waals surface area contributed by atoms with Gasteiger partial charge in [0.2, 0.25) is 5.91 Å². The molecule has 8 heteroatoms. The van der Waals surface area contributed by atoms with E-state index >= 15 is 0 Å². The van der Waals surface area contributed by atoms with Crippen LogP contribution < -0.4 is 10.6 Å². The van der Waals surface area contributed by atoms with Gasteiger partial charge in [-0.15, -0.1) is 0 Å². The standard InChI is InChI=1S/C12H18N4O4/c17-11(8-20-10-1-3-13-4-2-10)15-9-5-14-16(6-9)7-12(18)19/h5-6,10,13H,1-4,7-8H2,(H,15,17)(H,18,19). The number of hydrogen-bond donors (Lipinski definition) is 3. The van der Waals surface area contributed by atoms with E-state index in [0.29, 0.717) is 5.69 Å². The van der Waals surface area contributed by atoms with Crippen molar-refractivity contribution in [3.63, 3.8) is 0 Å². The third-order valence-corrected chi connectivity index (χ3v) is 2.95. The highest BCUT2D eigenvalue weighted by Crippen LogP contribution is 2.08. The number of piperidine rings is 1. The van der Waals surface area contributed by atoms with E-state index in [1.54, 1.807) is 0 Å². The molecule has 1 aliphatic rings. The van der Waals surface area contributed by atoms with E-state index in [1.165, 1.54) is 17.1 Å². The zero-order chi connectivity index (χ0) is 14.4. The number of carboxylic acid groups (broad SMARTS) is 1. The maximum atomic E-state index is 11.7. The van der Waals surface area contributed by atoms with Gasteiger partial charge in [0, 0.05) is 6.20 Å². The van der Waals surface area contributed by atoms with Crippen LogP contribution in [-0.4, -0.2) is 52.6 Å². The Bertz CT molecular complexity index is 468. The van der Waals surface area contributed by atoms with Crippen molar-refractivity contribution < 1.29 is 19.4 Å². The van der Waals surface area contributed by atoms with E-state index in [0.717, 1.165) is 25.9 Å². The lowest BCUT2D eigenvalue weighted by atomic mass is 10.1. The average molecular weight is 282 g/mol. The number of carboxylic acids is 1. The Balaban J connectivity index is 1.73. The molecule has 1 aliphatic heterocycles. The Kier molecular flexibility index (Phi) is 5.08. The molecule has 1 aromatic heterocycles. The minimum absolute atomic E-state index is 0.00518. The number of aromatic nitrogens is 2. The Morgan fingerprint density at radius 2 is 2.25 bits per heavy atom. The van der Waals surface area contributed by atoms with Gasteiger partial charge in [0.1, 0.15) is 13.2 Å². The molecule has 0 aliphatic carbocycles. The summed E-state index contributed by atoms with van der Waals surface area (Å²) >= 11 is 0. The molecule has 3 N–H and O–H groups in total. The number of aliphatic carboxylic acids is 1. The Hall–Kier alpha value is -1.93. The molecular weight excluding hydrogens is 264 g/mol. The van der Waals surface area contributed by atoms with E-state index in [1.807, 2.05) is 0 Å². The molecule has 1 aromatic rings. The van der Waals surface area contributed by atoms with Crippen LogP contribution in [0, 0.1) is 0 Å². The molecule has 0 aromatic carbocycles. The largest absolute Gasteiger partial charge is 0.480 e. The van der Waals surface area contributed by atoms with E-state index in [2.05, 4.69) is 15.7 Å². The highest BCUT2D eigenvalue weighted by Gasteiger charge is 2.15. The highest BCUT2D eigenvalue weighted by molar-refractivity contribution is 5.91. The number of carbonyl (C=O) groups is 2. The number of amides is 1. The van der Waals surface area contributed by atoms with Gasteiger partial charge in [0.15, 0.2) is 0 Å². The highest BCUT2D eigenvalue weighted by atomic mass is 16.5. The van der Waals surface area contributed by atoms with Gasteiger partial charge in [-0.25, -0.2) is 0 Å². The summed E-state index contributed by atoms with van der Waals surface area (Å²) in [4.78, 5) is 22.2. The molecule has 0 atom stereocenters. The molecule has 0 radical (unpaired) electrons. The quantitative estimate of drug-likeness (QED) is 0.660. The van der Waals surface area contributed by atoms with E-state index in [-0.39, 0.29) is 25.2 Å². The van der Waals surface area contributed by atoms with Gasteiger partial charge in [-0.3, -0.25) is 14.3 Å². The van der Waals surface area contributed by atoms with Crippen LogP contribution >= 0.6 is 0 Å². The molecule has 110 valence electrons. The SMILES string of the molecule is O=C(O)Cn1cc(NC(=O)COC2CCNCC2)cn1. The molecular formula is C12H18N4O4. The first-order valence-corrected chi connectivity index (χ1v) is 6.50. The fourth-order valence-electron chi connectivity index (χ4n) is 2.01. The molecule has 2 heterocycles. The molecule has 0 saturated carbocycles. The number of carbonyl (C=O) groups excluding carboxylic acids is 1. The predicted octanol–water partition coefficient (Wildman–Crippen LogP) is -0.325. The lowest BCUT2D eigenvalue weighted by molar-refractivity contribution is -0.137. The van der Waals surface area contributed by atoms with Crippen LogP contribution in [0.5, 0.6) is 0 Å². The first-order valence-electron chi connectivity index (χ1n) is 6.50. The maximum Gasteiger partial charge on any atom is 0.325 e. The summed E-state index contributed by atoms with van der Waals surface area (Å²) in [7, 11) is 0. The van der Waals surface area contributed by atoms with E-state index in [9.17, 15) is 9.59 Å². The number of ether oxygens (including phenoxy) is 1. The van der Waals surface area contributed by atoms with Gasteiger partial charge in [-0.1, -0.05) is 0 Å². The first-order chi connectivity index (χ1) is 9.63. The van der Waals surface area contributed by atoms with Gasteiger partial charge in [0.25, 0.3) is 0 Å². The van der Waals surface area contributed by atoms with Crippen molar-refractivity contribution in [3.8, 4) is 0 Å². The number of anilines is 1. The summed E-state index contributed by atoms with van der Waals surface area (Å²) in [6.07, 6.45) is 4.81. The van der Waals surface area contributed by atoms with Crippen LogP contribution in [0.4, 0.5) is 5.69 Å². The van der Waals surface area contributed by atoms with Crippen LogP contribution in [0.15, 0.2) is 12.4 Å². The van der Waals surface area contributed by atoms with Gasteiger partial charge in [0.05, 0.1) is 18.0 Å². The molecule has 8 nitrogen and oxygen atoms in total. The third-order valence-electron chi connectivity index (χ3n) is 2.95. The van der Waals surface area contributed by atoms with Crippen LogP contribution in [0.3, 0.4) is 0 Å². The van der Waals surface area contributed by atoms with Gasteiger partial charge < -0.3 is 20.5 Å². The van der Waals surface area contributed by atoms with E-state index in [4.69, 9.17) is 9.84 Å². The van der Waals surface area contributed by atoms with Crippen molar-refractivity contribution in [2.24, 2.45) is 0 Å². The fourth-order valence-corrected chi connectivity index (χ4v) is 2.01. The minimum atomic E-state index is -0.986. The minimum Gasteiger partial charge on any atom is -0.480 e. The molecule has 1 saturated heterocycles. The summed E-state index contributed by atoms with van der Waals surface area (Å²) in [6, 6.07) is 0. The van der Waals surface area contributed by atoms with Gasteiger partial charge in [-0.2, -0.15) is 5.10 Å². The summed E-state index contributed by atoms with van der Waals surface area (Å²) < 4.78 is 6.76. The van der Waals surface area contributed by atoms with Crippen LogP contribution in [0.2, 0.25) is 0 Å². The fraction of sp³-hybridized carbons (Fsp3) is 0.583. The Morgan fingerprint density at radius 3 is 2.95 bits per heavy atom. The third kappa shape index (κ3) is 4.63. The molecule has 0 spiro atoms. The molecule has 0 bridgehead atoms.